The minimum absolute atomic E-state index is 0.00637. The summed E-state index contributed by atoms with van der Waals surface area (Å²) in [5.74, 6) is 0.00637. The molecular weight excluding hydrogens is 414 g/mol. The van der Waals surface area contributed by atoms with Crippen molar-refractivity contribution in [1.82, 2.24) is 4.98 Å². The molecule has 0 saturated heterocycles. The van der Waals surface area contributed by atoms with E-state index < -0.39 is 0 Å². The minimum atomic E-state index is 0.00637. The van der Waals surface area contributed by atoms with E-state index >= 15 is 0 Å². The molecule has 1 heterocycles. The zero-order chi connectivity index (χ0) is 23.7. The van der Waals surface area contributed by atoms with Crippen LogP contribution in [0.4, 0.5) is 0 Å². The Morgan fingerprint density at radius 2 is 1.84 bits per heavy atom. The smallest absolute Gasteiger partial charge is 0.160 e. The van der Waals surface area contributed by atoms with Crippen LogP contribution < -0.4 is 0 Å². The number of hydrogen-bond donors (Lipinski definition) is 0. The number of rotatable bonds is 10. The number of halogens is 1. The number of aryl methyl sites for hydroxylation is 3. The Morgan fingerprint density at radius 3 is 2.44 bits per heavy atom. The van der Waals surface area contributed by atoms with E-state index in [1.165, 1.54) is 0 Å². The highest BCUT2D eigenvalue weighted by Gasteiger charge is 2.16. The molecule has 0 bridgehead atoms. The molecule has 0 unspecified atom stereocenters. The van der Waals surface area contributed by atoms with Crippen molar-refractivity contribution >= 4 is 23.0 Å². The van der Waals surface area contributed by atoms with E-state index in [0.717, 1.165) is 64.8 Å². The van der Waals surface area contributed by atoms with Gasteiger partial charge in [-0.1, -0.05) is 73.0 Å². The van der Waals surface area contributed by atoms with Gasteiger partial charge in [0.1, 0.15) is 0 Å². The Labute approximate surface area is 198 Å². The second-order valence-corrected chi connectivity index (χ2v) is 8.82. The quantitative estimate of drug-likeness (QED) is 0.272. The van der Waals surface area contributed by atoms with Gasteiger partial charge < -0.3 is 0 Å². The van der Waals surface area contributed by atoms with Gasteiger partial charge in [-0.15, -0.1) is 0 Å². The molecule has 0 atom stereocenters. The zero-order valence-electron chi connectivity index (χ0n) is 20.0. The number of aromatic nitrogens is 1. The van der Waals surface area contributed by atoms with Crippen molar-refractivity contribution in [1.29, 1.82) is 0 Å². The van der Waals surface area contributed by atoms with Gasteiger partial charge in [-0.05, 0) is 81.9 Å². The number of carbonyl (C=O) groups excluding carboxylic acids is 1. The molecule has 32 heavy (non-hydrogen) atoms. The van der Waals surface area contributed by atoms with Crippen LogP contribution in [0.5, 0.6) is 0 Å². The molecular formula is C29H34ClNO. The molecule has 0 fully saturated rings. The Hall–Kier alpha value is -2.71. The van der Waals surface area contributed by atoms with Gasteiger partial charge in [0, 0.05) is 28.0 Å². The summed E-state index contributed by atoms with van der Waals surface area (Å²) in [6.45, 7) is 14.1. The number of pyridine rings is 1. The maximum atomic E-state index is 12.6. The first kappa shape index (κ1) is 25.5. The zero-order valence-corrected chi connectivity index (χ0v) is 20.7. The van der Waals surface area contributed by atoms with Crippen molar-refractivity contribution in [2.24, 2.45) is 0 Å². The van der Waals surface area contributed by atoms with Crippen molar-refractivity contribution in [3.8, 4) is 0 Å². The molecule has 1 aromatic carbocycles. The van der Waals surface area contributed by atoms with E-state index in [4.69, 9.17) is 11.6 Å². The molecule has 0 aliphatic rings. The van der Waals surface area contributed by atoms with Crippen LogP contribution in [-0.4, -0.2) is 10.8 Å². The Morgan fingerprint density at radius 1 is 1.09 bits per heavy atom. The van der Waals surface area contributed by atoms with Crippen LogP contribution in [0.1, 0.15) is 62.9 Å². The predicted molar refractivity (Wildman–Crippen MR) is 138 cm³/mol. The lowest BCUT2D eigenvalue weighted by molar-refractivity contribution is -0.111. The Balaban J connectivity index is 2.28. The van der Waals surface area contributed by atoms with Crippen LogP contribution >= 0.6 is 11.6 Å². The lowest BCUT2D eigenvalue weighted by Gasteiger charge is -2.14. The van der Waals surface area contributed by atoms with E-state index in [1.807, 2.05) is 57.3 Å². The molecule has 1 aromatic heterocycles. The molecule has 0 radical (unpaired) electrons. The largest absolute Gasteiger partial charge is 0.294 e. The average Bonchev–Trinajstić information content (AvgIpc) is 2.74. The molecule has 0 spiro atoms. The fourth-order valence-corrected chi connectivity index (χ4v) is 3.73. The monoisotopic (exact) mass is 447 g/mol. The molecule has 0 N–H and O–H groups in total. The molecule has 3 heteroatoms. The van der Waals surface area contributed by atoms with Crippen molar-refractivity contribution in [3.05, 3.63) is 105 Å². The summed E-state index contributed by atoms with van der Waals surface area (Å²) in [6, 6.07) is 10.0. The van der Waals surface area contributed by atoms with E-state index in [1.54, 1.807) is 6.92 Å². The number of carbonyl (C=O) groups is 1. The SMILES string of the molecule is C=C(/C=C\C(/C=C(\C(C)=O)c1c(Cl)cccc1CCC)=C(C)C)CCc1ccc(C)cn1. The normalized spacial score (nSPS) is 11.6. The Bertz CT molecular complexity index is 1050. The highest BCUT2D eigenvalue weighted by molar-refractivity contribution is 6.35. The first-order valence-electron chi connectivity index (χ1n) is 11.2. The van der Waals surface area contributed by atoms with Crippen LogP contribution in [0.25, 0.3) is 5.57 Å². The second kappa shape index (κ2) is 12.4. The van der Waals surface area contributed by atoms with Crippen LogP contribution in [0.15, 0.2) is 78.1 Å². The number of ketones is 1. The predicted octanol–water partition coefficient (Wildman–Crippen LogP) is 8.05. The highest BCUT2D eigenvalue weighted by atomic mass is 35.5. The van der Waals surface area contributed by atoms with Crippen LogP contribution in [0.2, 0.25) is 5.02 Å². The van der Waals surface area contributed by atoms with E-state index in [2.05, 4.69) is 36.7 Å². The van der Waals surface area contributed by atoms with Crippen LogP contribution in [-0.2, 0) is 17.6 Å². The molecule has 0 aliphatic carbocycles. The summed E-state index contributed by atoms with van der Waals surface area (Å²) in [5.41, 5.74) is 7.96. The van der Waals surface area contributed by atoms with Gasteiger partial charge in [0.15, 0.2) is 5.78 Å². The second-order valence-electron chi connectivity index (χ2n) is 8.41. The molecule has 0 amide bonds. The summed E-state index contributed by atoms with van der Waals surface area (Å²) in [4.78, 5) is 17.1. The topological polar surface area (TPSA) is 30.0 Å². The van der Waals surface area contributed by atoms with Gasteiger partial charge in [0.2, 0.25) is 0 Å². The average molecular weight is 448 g/mol. The maximum Gasteiger partial charge on any atom is 0.160 e. The number of hydrogen-bond acceptors (Lipinski definition) is 2. The van der Waals surface area contributed by atoms with E-state index in [-0.39, 0.29) is 5.78 Å². The van der Waals surface area contributed by atoms with Gasteiger partial charge in [0.25, 0.3) is 0 Å². The first-order valence-corrected chi connectivity index (χ1v) is 11.6. The lowest BCUT2D eigenvalue weighted by atomic mass is 9.92. The van der Waals surface area contributed by atoms with Gasteiger partial charge in [0.05, 0.1) is 0 Å². The van der Waals surface area contributed by atoms with E-state index in [0.29, 0.717) is 10.6 Å². The van der Waals surface area contributed by atoms with Gasteiger partial charge in [-0.3, -0.25) is 9.78 Å². The van der Waals surface area contributed by atoms with Crippen molar-refractivity contribution in [2.45, 2.75) is 60.3 Å². The summed E-state index contributed by atoms with van der Waals surface area (Å²) < 4.78 is 0. The number of nitrogens with zero attached hydrogens (tertiary/aromatic N) is 1. The van der Waals surface area contributed by atoms with Gasteiger partial charge in [-0.2, -0.15) is 0 Å². The lowest BCUT2D eigenvalue weighted by Crippen LogP contribution is -2.02. The molecule has 2 rings (SSSR count). The first-order chi connectivity index (χ1) is 15.2. The minimum Gasteiger partial charge on any atom is -0.294 e. The Kier molecular flexibility index (Phi) is 9.87. The highest BCUT2D eigenvalue weighted by Crippen LogP contribution is 2.31. The van der Waals surface area contributed by atoms with E-state index in [9.17, 15) is 4.79 Å². The fourth-order valence-electron chi connectivity index (χ4n) is 3.44. The number of allylic oxidation sites excluding steroid dienone is 7. The van der Waals surface area contributed by atoms with Crippen molar-refractivity contribution in [3.63, 3.8) is 0 Å². The summed E-state index contributed by atoms with van der Waals surface area (Å²) in [6.07, 6.45) is 11.5. The molecule has 0 saturated carbocycles. The number of benzene rings is 1. The number of Topliss-reactive ketones (excluding diaryl/α,β-unsaturated/α-hetero) is 1. The third-order valence-corrected chi connectivity index (χ3v) is 5.63. The standard InChI is InChI=1S/C29H34ClNO/c1-7-9-24-10-8-11-28(30)29(24)27(23(6)32)18-25(20(2)3)15-12-21(4)13-16-26-17-14-22(5)19-31-26/h8,10-12,14-15,17-19H,4,7,9,13,16H2,1-3,5-6H3/b15-12-,27-18+. The molecule has 168 valence electrons. The fraction of sp³-hybridized carbons (Fsp3) is 0.310. The van der Waals surface area contributed by atoms with Crippen molar-refractivity contribution in [2.75, 3.05) is 0 Å². The van der Waals surface area contributed by atoms with Gasteiger partial charge in [-0.25, -0.2) is 0 Å². The van der Waals surface area contributed by atoms with Crippen LogP contribution in [0.3, 0.4) is 0 Å². The molecule has 2 nitrogen and oxygen atoms in total. The summed E-state index contributed by atoms with van der Waals surface area (Å²) in [7, 11) is 0. The molecule has 0 aliphatic heterocycles. The summed E-state index contributed by atoms with van der Waals surface area (Å²) >= 11 is 6.56. The van der Waals surface area contributed by atoms with Gasteiger partial charge >= 0.3 is 0 Å². The third-order valence-electron chi connectivity index (χ3n) is 5.32. The van der Waals surface area contributed by atoms with Crippen molar-refractivity contribution < 1.29 is 4.79 Å². The maximum absolute atomic E-state index is 12.6. The third kappa shape index (κ3) is 7.46. The van der Waals surface area contributed by atoms with Crippen LogP contribution in [0, 0.1) is 6.92 Å². The summed E-state index contributed by atoms with van der Waals surface area (Å²) in [5, 5.41) is 0.615. The molecule has 2 aromatic rings.